The van der Waals surface area contributed by atoms with E-state index in [0.29, 0.717) is 12.5 Å². The molecule has 2 fully saturated rings. The zero-order valence-electron chi connectivity index (χ0n) is 19.0. The van der Waals surface area contributed by atoms with Crippen LogP contribution in [0.15, 0.2) is 18.2 Å². The van der Waals surface area contributed by atoms with E-state index in [4.69, 9.17) is 16.3 Å². The van der Waals surface area contributed by atoms with Crippen molar-refractivity contribution in [1.29, 1.82) is 0 Å². The summed E-state index contributed by atoms with van der Waals surface area (Å²) in [6.07, 6.45) is 20.0. The molecule has 30 heavy (non-hydrogen) atoms. The largest absolute Gasteiger partial charge is 0.490 e. The molecule has 0 atom stereocenters. The lowest BCUT2D eigenvalue weighted by atomic mass is 9.68. The highest BCUT2D eigenvalue weighted by molar-refractivity contribution is 6.32. The summed E-state index contributed by atoms with van der Waals surface area (Å²) in [5.41, 5.74) is 0.758. The maximum Gasteiger partial charge on any atom is 0.184 e. The molecule has 1 aromatic carbocycles. The van der Waals surface area contributed by atoms with Gasteiger partial charge in [-0.05, 0) is 86.3 Å². The van der Waals surface area contributed by atoms with E-state index in [1.165, 1.54) is 64.2 Å². The van der Waals surface area contributed by atoms with Crippen LogP contribution in [-0.4, -0.2) is 6.61 Å². The standard InChI is InChI=1S/C27H40ClFO/c1-3-5-19-30-25-18-17-24(26(28)27(25)29)16-11-21-9-14-23(15-10-21)22-12-7-20(6-4-2)8-13-22/h11,16-18,20-23H,3-10,12-15,19H2,1-2H3/b16-11+. The molecular formula is C27H40ClFO. The molecule has 1 aromatic rings. The first-order valence-corrected chi connectivity index (χ1v) is 12.8. The second-order valence-corrected chi connectivity index (χ2v) is 9.96. The Kier molecular flexibility index (Phi) is 9.56. The molecule has 2 aliphatic rings. The molecule has 3 heteroatoms. The van der Waals surface area contributed by atoms with Crippen LogP contribution in [0.2, 0.25) is 5.02 Å². The van der Waals surface area contributed by atoms with E-state index in [0.717, 1.165) is 36.2 Å². The van der Waals surface area contributed by atoms with Gasteiger partial charge in [-0.25, -0.2) is 4.39 Å². The summed E-state index contributed by atoms with van der Waals surface area (Å²) in [5, 5.41) is 0.178. The van der Waals surface area contributed by atoms with Crippen molar-refractivity contribution >= 4 is 17.7 Å². The molecule has 0 spiro atoms. The van der Waals surface area contributed by atoms with Crippen molar-refractivity contribution in [1.82, 2.24) is 0 Å². The number of hydrogen-bond donors (Lipinski definition) is 0. The van der Waals surface area contributed by atoms with Gasteiger partial charge in [0.25, 0.3) is 0 Å². The fourth-order valence-electron chi connectivity index (χ4n) is 5.52. The van der Waals surface area contributed by atoms with Crippen molar-refractivity contribution < 1.29 is 9.13 Å². The van der Waals surface area contributed by atoms with E-state index in [1.807, 2.05) is 12.1 Å². The van der Waals surface area contributed by atoms with Gasteiger partial charge in [0.1, 0.15) is 0 Å². The summed E-state index contributed by atoms with van der Waals surface area (Å²) in [5.74, 6) is 3.32. The molecule has 2 saturated carbocycles. The molecule has 0 amide bonds. The lowest BCUT2D eigenvalue weighted by Crippen LogP contribution is -2.25. The first-order chi connectivity index (χ1) is 14.6. The first kappa shape index (κ1) is 23.6. The van der Waals surface area contributed by atoms with E-state index in [9.17, 15) is 4.39 Å². The van der Waals surface area contributed by atoms with Gasteiger partial charge in [-0.1, -0.05) is 69.7 Å². The highest BCUT2D eigenvalue weighted by atomic mass is 35.5. The Labute approximate surface area is 188 Å². The molecule has 0 aromatic heterocycles. The van der Waals surface area contributed by atoms with Gasteiger partial charge >= 0.3 is 0 Å². The van der Waals surface area contributed by atoms with Gasteiger partial charge in [0.05, 0.1) is 11.6 Å². The fraction of sp³-hybridized carbons (Fsp3) is 0.704. The molecule has 0 radical (unpaired) electrons. The van der Waals surface area contributed by atoms with E-state index in [1.54, 1.807) is 6.07 Å². The van der Waals surface area contributed by atoms with Crippen LogP contribution in [-0.2, 0) is 0 Å². The second-order valence-electron chi connectivity index (χ2n) is 9.59. The van der Waals surface area contributed by atoms with E-state index >= 15 is 0 Å². The summed E-state index contributed by atoms with van der Waals surface area (Å²) in [4.78, 5) is 0. The lowest BCUT2D eigenvalue weighted by molar-refractivity contribution is 0.152. The summed E-state index contributed by atoms with van der Waals surface area (Å²) >= 11 is 6.28. The van der Waals surface area contributed by atoms with E-state index in [-0.39, 0.29) is 10.8 Å². The van der Waals surface area contributed by atoms with Crippen LogP contribution in [0.25, 0.3) is 6.08 Å². The van der Waals surface area contributed by atoms with Gasteiger partial charge in [-0.15, -0.1) is 0 Å². The Morgan fingerprint density at radius 3 is 2.27 bits per heavy atom. The normalized spacial score (nSPS) is 27.5. The predicted molar refractivity (Wildman–Crippen MR) is 127 cm³/mol. The number of halogens is 2. The Bertz CT molecular complexity index is 670. The zero-order chi connectivity index (χ0) is 21.3. The van der Waals surface area contributed by atoms with Crippen molar-refractivity contribution in [2.75, 3.05) is 6.61 Å². The molecule has 0 N–H and O–H groups in total. The molecule has 1 nitrogen and oxygen atoms in total. The van der Waals surface area contributed by atoms with E-state index < -0.39 is 5.82 Å². The molecule has 0 unspecified atom stereocenters. The summed E-state index contributed by atoms with van der Waals surface area (Å²) < 4.78 is 20.0. The average Bonchev–Trinajstić information content (AvgIpc) is 2.77. The van der Waals surface area contributed by atoms with Crippen LogP contribution in [0.3, 0.4) is 0 Å². The maximum absolute atomic E-state index is 14.5. The number of hydrogen-bond acceptors (Lipinski definition) is 1. The minimum Gasteiger partial charge on any atom is -0.490 e. The SMILES string of the molecule is CCCCOc1ccc(/C=C/C2CCC(C3CCC(CCC)CC3)CC2)c(Cl)c1F. The molecule has 2 aliphatic carbocycles. The smallest absolute Gasteiger partial charge is 0.184 e. The Balaban J connectivity index is 1.47. The number of unbranched alkanes of at least 4 members (excludes halogenated alkanes) is 1. The molecule has 168 valence electrons. The lowest BCUT2D eigenvalue weighted by Gasteiger charge is -2.37. The van der Waals surface area contributed by atoms with Crippen molar-refractivity contribution in [2.24, 2.45) is 23.7 Å². The van der Waals surface area contributed by atoms with Gasteiger partial charge in [-0.3, -0.25) is 0 Å². The molecule has 0 aliphatic heterocycles. The number of rotatable bonds is 9. The zero-order valence-corrected chi connectivity index (χ0v) is 19.7. The summed E-state index contributed by atoms with van der Waals surface area (Å²) in [7, 11) is 0. The second kappa shape index (κ2) is 12.1. The quantitative estimate of drug-likeness (QED) is 0.352. The van der Waals surface area contributed by atoms with Crippen LogP contribution in [0.1, 0.15) is 96.5 Å². The van der Waals surface area contributed by atoms with Crippen molar-refractivity contribution in [3.8, 4) is 5.75 Å². The molecule has 0 saturated heterocycles. The fourth-order valence-corrected chi connectivity index (χ4v) is 5.74. The summed E-state index contributed by atoms with van der Waals surface area (Å²) in [6.45, 7) is 4.94. The third-order valence-corrected chi connectivity index (χ3v) is 7.84. The van der Waals surface area contributed by atoms with Gasteiger partial charge in [-0.2, -0.15) is 0 Å². The summed E-state index contributed by atoms with van der Waals surface area (Å²) in [6, 6.07) is 3.59. The highest BCUT2D eigenvalue weighted by Crippen LogP contribution is 2.42. The van der Waals surface area contributed by atoms with Gasteiger partial charge in [0.2, 0.25) is 0 Å². The Morgan fingerprint density at radius 1 is 0.967 bits per heavy atom. The van der Waals surface area contributed by atoms with Crippen LogP contribution in [0, 0.1) is 29.5 Å². The van der Waals surface area contributed by atoms with Crippen molar-refractivity contribution in [3.05, 3.63) is 34.6 Å². The Morgan fingerprint density at radius 2 is 1.63 bits per heavy atom. The van der Waals surface area contributed by atoms with Crippen molar-refractivity contribution in [3.63, 3.8) is 0 Å². The van der Waals surface area contributed by atoms with E-state index in [2.05, 4.69) is 19.9 Å². The number of ether oxygens (including phenoxy) is 1. The van der Waals surface area contributed by atoms with Gasteiger partial charge < -0.3 is 4.74 Å². The van der Waals surface area contributed by atoms with Crippen LogP contribution in [0.4, 0.5) is 4.39 Å². The molecule has 0 bridgehead atoms. The van der Waals surface area contributed by atoms with Crippen LogP contribution >= 0.6 is 11.6 Å². The van der Waals surface area contributed by atoms with Gasteiger partial charge in [0, 0.05) is 0 Å². The first-order valence-electron chi connectivity index (χ1n) is 12.4. The molecular weight excluding hydrogens is 395 g/mol. The van der Waals surface area contributed by atoms with Crippen molar-refractivity contribution in [2.45, 2.75) is 90.9 Å². The molecule has 0 heterocycles. The topological polar surface area (TPSA) is 9.23 Å². The predicted octanol–water partition coefficient (Wildman–Crippen LogP) is 9.08. The third kappa shape index (κ3) is 6.49. The average molecular weight is 435 g/mol. The van der Waals surface area contributed by atoms with Gasteiger partial charge in [0.15, 0.2) is 11.6 Å². The van der Waals surface area contributed by atoms with Crippen LogP contribution < -0.4 is 4.74 Å². The minimum atomic E-state index is -0.433. The Hall–Kier alpha value is -1.02. The monoisotopic (exact) mass is 434 g/mol. The maximum atomic E-state index is 14.5. The molecule has 3 rings (SSSR count). The minimum absolute atomic E-state index is 0.178. The third-order valence-electron chi connectivity index (χ3n) is 7.45. The number of benzene rings is 1. The highest BCUT2D eigenvalue weighted by Gasteiger charge is 2.30. The number of allylic oxidation sites excluding steroid dienone is 1. The van der Waals surface area contributed by atoms with Crippen LogP contribution in [0.5, 0.6) is 5.75 Å².